The Morgan fingerprint density at radius 1 is 0.732 bits per heavy atom. The third kappa shape index (κ3) is 26.6. The minimum Gasteiger partial charge on any atom is -0.467 e. The van der Waals surface area contributed by atoms with Crippen molar-refractivity contribution < 1.29 is 23.9 Å². The van der Waals surface area contributed by atoms with Gasteiger partial charge in [-0.05, 0) is 85.0 Å². The highest BCUT2D eigenvalue weighted by molar-refractivity contribution is 5.84. The highest BCUT2D eigenvalue weighted by atomic mass is 16.6. The van der Waals surface area contributed by atoms with Gasteiger partial charge in [0, 0.05) is 13.0 Å². The molecular weight excluding hydrogens is 516 g/mol. The number of allylic oxidation sites excluding steroid dienone is 12. The molecule has 0 aromatic carbocycles. The van der Waals surface area contributed by atoms with Gasteiger partial charge in [-0.1, -0.05) is 79.8 Å². The molecule has 230 valence electrons. The number of rotatable bonds is 21. The lowest BCUT2D eigenvalue weighted by Gasteiger charge is -2.20. The molecule has 7 heteroatoms. The van der Waals surface area contributed by atoms with Gasteiger partial charge in [0.25, 0.3) is 0 Å². The minimum absolute atomic E-state index is 0.188. The predicted octanol–water partition coefficient (Wildman–Crippen LogP) is 7.82. The van der Waals surface area contributed by atoms with Gasteiger partial charge in [-0.3, -0.25) is 4.79 Å². The van der Waals surface area contributed by atoms with Crippen LogP contribution in [0, 0.1) is 0 Å². The number of esters is 1. The number of hydrogen-bond donors (Lipinski definition) is 2. The average molecular weight is 571 g/mol. The lowest BCUT2D eigenvalue weighted by atomic mass is 10.1. The number of hydrogen-bond acceptors (Lipinski definition) is 5. The summed E-state index contributed by atoms with van der Waals surface area (Å²) >= 11 is 0. The molecule has 0 aliphatic carbocycles. The zero-order valence-corrected chi connectivity index (χ0v) is 26.0. The minimum atomic E-state index is -0.695. The fourth-order valence-corrected chi connectivity index (χ4v) is 3.49. The van der Waals surface area contributed by atoms with Crippen LogP contribution in [0.3, 0.4) is 0 Å². The monoisotopic (exact) mass is 570 g/mol. The second-order valence-electron chi connectivity index (χ2n) is 10.5. The fourth-order valence-electron chi connectivity index (χ4n) is 3.49. The molecule has 0 rings (SSSR count). The van der Waals surface area contributed by atoms with Crippen molar-refractivity contribution in [1.82, 2.24) is 10.6 Å². The van der Waals surface area contributed by atoms with E-state index in [1.165, 1.54) is 7.11 Å². The highest BCUT2D eigenvalue weighted by Crippen LogP contribution is 2.07. The molecule has 0 aromatic rings. The summed E-state index contributed by atoms with van der Waals surface area (Å²) in [6, 6.07) is -0.695. The van der Waals surface area contributed by atoms with Gasteiger partial charge in [0.2, 0.25) is 5.91 Å². The number of carbonyl (C=O) groups is 3. The van der Waals surface area contributed by atoms with Crippen LogP contribution in [0.1, 0.15) is 98.3 Å². The molecule has 0 heterocycles. The van der Waals surface area contributed by atoms with Crippen LogP contribution in [0.2, 0.25) is 0 Å². The maximum Gasteiger partial charge on any atom is 0.407 e. The predicted molar refractivity (Wildman–Crippen MR) is 169 cm³/mol. The van der Waals surface area contributed by atoms with Gasteiger partial charge in [-0.25, -0.2) is 9.59 Å². The smallest absolute Gasteiger partial charge is 0.407 e. The normalized spacial score (nSPS) is 13.3. The first kappa shape index (κ1) is 37.6. The van der Waals surface area contributed by atoms with E-state index in [9.17, 15) is 14.4 Å². The molecule has 2 amide bonds. The van der Waals surface area contributed by atoms with E-state index in [0.717, 1.165) is 38.5 Å². The van der Waals surface area contributed by atoms with Gasteiger partial charge < -0.3 is 20.1 Å². The molecule has 0 saturated carbocycles. The van der Waals surface area contributed by atoms with Gasteiger partial charge in [-0.15, -0.1) is 0 Å². The molecule has 41 heavy (non-hydrogen) atoms. The molecule has 2 N–H and O–H groups in total. The number of ether oxygens (including phenoxy) is 2. The molecule has 1 atom stereocenters. The van der Waals surface area contributed by atoms with Crippen LogP contribution in [-0.2, 0) is 19.1 Å². The Bertz CT molecular complexity index is 891. The molecule has 0 radical (unpaired) electrons. The summed E-state index contributed by atoms with van der Waals surface area (Å²) in [7, 11) is 1.31. The second-order valence-corrected chi connectivity index (χ2v) is 10.5. The maximum atomic E-state index is 12.3. The van der Waals surface area contributed by atoms with Crippen molar-refractivity contribution in [3.8, 4) is 0 Å². The average Bonchev–Trinajstić information content (AvgIpc) is 2.92. The quantitative estimate of drug-likeness (QED) is 0.0834. The Hall–Kier alpha value is -3.35. The van der Waals surface area contributed by atoms with E-state index >= 15 is 0 Å². The van der Waals surface area contributed by atoms with Crippen molar-refractivity contribution in [2.75, 3.05) is 13.7 Å². The van der Waals surface area contributed by atoms with Crippen molar-refractivity contribution in [2.45, 2.75) is 110 Å². The van der Waals surface area contributed by atoms with E-state index < -0.39 is 23.7 Å². The molecule has 7 nitrogen and oxygen atoms in total. The first-order chi connectivity index (χ1) is 19.7. The summed E-state index contributed by atoms with van der Waals surface area (Å²) in [4.78, 5) is 36.1. The first-order valence-electron chi connectivity index (χ1n) is 14.9. The Morgan fingerprint density at radius 3 is 1.68 bits per heavy atom. The summed E-state index contributed by atoms with van der Waals surface area (Å²) in [6.07, 6.45) is 33.7. The largest absolute Gasteiger partial charge is 0.467 e. The van der Waals surface area contributed by atoms with Gasteiger partial charge >= 0.3 is 12.1 Å². The van der Waals surface area contributed by atoms with Crippen LogP contribution in [0.5, 0.6) is 0 Å². The molecule has 0 unspecified atom stereocenters. The Labute approximate surface area is 248 Å². The summed E-state index contributed by atoms with van der Waals surface area (Å²) in [5, 5.41) is 5.45. The topological polar surface area (TPSA) is 93.7 Å². The molecule has 0 bridgehead atoms. The van der Waals surface area contributed by atoms with E-state index in [-0.39, 0.29) is 5.91 Å². The Morgan fingerprint density at radius 2 is 1.22 bits per heavy atom. The number of alkyl carbamates (subject to hydrolysis) is 1. The lowest BCUT2D eigenvalue weighted by Crippen LogP contribution is -2.41. The first-order valence-corrected chi connectivity index (χ1v) is 14.9. The number of nitrogens with one attached hydrogen (secondary N) is 2. The molecule has 0 saturated heterocycles. The van der Waals surface area contributed by atoms with E-state index in [1.54, 1.807) is 20.8 Å². The van der Waals surface area contributed by atoms with Crippen molar-refractivity contribution in [2.24, 2.45) is 0 Å². The highest BCUT2D eigenvalue weighted by Gasteiger charge is 2.21. The van der Waals surface area contributed by atoms with Crippen LogP contribution in [-0.4, -0.2) is 43.3 Å². The summed E-state index contributed by atoms with van der Waals surface area (Å²) in [5.74, 6) is -0.654. The van der Waals surface area contributed by atoms with Crippen LogP contribution in [0.25, 0.3) is 0 Å². The SMILES string of the molecule is CC/C=C\C/C=C\C/C=C\C/C=C\C/C=C\C/C=C\CCC(=O)N[C@@H](CCCCNC(=O)OC(C)(C)C)C(=O)OC. The van der Waals surface area contributed by atoms with Crippen LogP contribution < -0.4 is 10.6 Å². The van der Waals surface area contributed by atoms with Crippen molar-refractivity contribution >= 4 is 18.0 Å². The van der Waals surface area contributed by atoms with Crippen molar-refractivity contribution in [1.29, 1.82) is 0 Å². The third-order valence-corrected chi connectivity index (χ3v) is 5.54. The number of unbranched alkanes of at least 4 members (excludes halogenated alkanes) is 1. The fraction of sp³-hybridized carbons (Fsp3) is 0.559. The van der Waals surface area contributed by atoms with E-state index in [2.05, 4.69) is 78.3 Å². The van der Waals surface area contributed by atoms with Crippen molar-refractivity contribution in [3.63, 3.8) is 0 Å². The molecule has 0 spiro atoms. The van der Waals surface area contributed by atoms with Crippen LogP contribution in [0.4, 0.5) is 4.79 Å². The van der Waals surface area contributed by atoms with E-state index in [0.29, 0.717) is 38.6 Å². The van der Waals surface area contributed by atoms with Crippen LogP contribution >= 0.6 is 0 Å². The van der Waals surface area contributed by atoms with E-state index in [1.807, 2.05) is 12.2 Å². The lowest BCUT2D eigenvalue weighted by molar-refractivity contribution is -0.145. The van der Waals surface area contributed by atoms with Gasteiger partial charge in [0.1, 0.15) is 11.6 Å². The molecule has 0 fully saturated rings. The zero-order valence-electron chi connectivity index (χ0n) is 26.0. The zero-order chi connectivity index (χ0) is 30.6. The second kappa shape index (κ2) is 25.6. The summed E-state index contributed by atoms with van der Waals surface area (Å²) < 4.78 is 10.0. The molecule has 0 aromatic heterocycles. The number of amides is 2. The summed E-state index contributed by atoms with van der Waals surface area (Å²) in [6.45, 7) is 7.98. The molecule has 0 aliphatic rings. The standard InChI is InChI=1S/C34H54N2O5/c1-6-7-8-9-10-11-12-13-14-15-16-17-18-19-20-21-22-23-24-28-31(37)36-30(32(38)40-5)27-25-26-29-35-33(39)41-34(2,3)4/h7-8,10-11,13-14,16-17,19-20,22-23,30H,6,9,12,15,18,21,24-29H2,1-5H3,(H,35,39)(H,36,37)/b8-7-,11-10-,14-13-,17-16-,20-19-,23-22-/t30-/m0/s1. The van der Waals surface area contributed by atoms with Gasteiger partial charge in [0.05, 0.1) is 7.11 Å². The number of methoxy groups -OCH3 is 1. The van der Waals surface area contributed by atoms with Crippen LogP contribution in [0.15, 0.2) is 72.9 Å². The molecular formula is C34H54N2O5. The number of carbonyl (C=O) groups excluding carboxylic acids is 3. The van der Waals surface area contributed by atoms with Gasteiger partial charge in [-0.2, -0.15) is 0 Å². The maximum absolute atomic E-state index is 12.3. The molecule has 0 aliphatic heterocycles. The Balaban J connectivity index is 4.03. The third-order valence-electron chi connectivity index (χ3n) is 5.54. The summed E-state index contributed by atoms with van der Waals surface area (Å²) in [5.41, 5.74) is -0.546. The van der Waals surface area contributed by atoms with Crippen molar-refractivity contribution in [3.05, 3.63) is 72.9 Å². The Kier molecular flexibility index (Phi) is 23.5. The van der Waals surface area contributed by atoms with E-state index in [4.69, 9.17) is 9.47 Å². The van der Waals surface area contributed by atoms with Gasteiger partial charge in [0.15, 0.2) is 0 Å².